The van der Waals surface area contributed by atoms with Crippen LogP contribution in [0.15, 0.2) is 78.0 Å². The highest BCUT2D eigenvalue weighted by atomic mass is 32.2. The van der Waals surface area contributed by atoms with Crippen LogP contribution in [0.1, 0.15) is 5.56 Å². The van der Waals surface area contributed by atoms with Crippen molar-refractivity contribution in [2.45, 2.75) is 11.4 Å². The second-order valence-corrected chi connectivity index (χ2v) is 8.45. The van der Waals surface area contributed by atoms with E-state index in [4.69, 9.17) is 4.74 Å². The number of sulfonamides is 1. The number of carbonyl (C=O) groups is 1. The van der Waals surface area contributed by atoms with Crippen molar-refractivity contribution in [3.8, 4) is 11.5 Å². The van der Waals surface area contributed by atoms with Crippen molar-refractivity contribution >= 4 is 15.9 Å². The van der Waals surface area contributed by atoms with E-state index < -0.39 is 21.7 Å². The minimum atomic E-state index is -3.77. The summed E-state index contributed by atoms with van der Waals surface area (Å²) < 4.78 is 45.6. The smallest absolute Gasteiger partial charge is 0.243 e. The standard InChI is InChI=1S/C21H20FN3O4S/c1-25(30(27,28)18-7-3-2-4-8-18)15-21(26)24-13-16-9-10-20(19(22)12-16)29-17-6-5-11-23-14-17/h2-12,14H,13,15H2,1H3,(H,24,26). The number of benzene rings is 2. The van der Waals surface area contributed by atoms with Crippen LogP contribution in [0.5, 0.6) is 11.5 Å². The summed E-state index contributed by atoms with van der Waals surface area (Å²) in [6.07, 6.45) is 3.05. The lowest BCUT2D eigenvalue weighted by atomic mass is 10.2. The summed E-state index contributed by atoms with van der Waals surface area (Å²) in [4.78, 5) is 16.2. The molecule has 0 saturated heterocycles. The topological polar surface area (TPSA) is 88.6 Å². The molecule has 0 fully saturated rings. The van der Waals surface area contributed by atoms with Gasteiger partial charge in [0.25, 0.3) is 0 Å². The Morgan fingerprint density at radius 2 is 1.90 bits per heavy atom. The molecule has 0 saturated carbocycles. The van der Waals surface area contributed by atoms with Crippen LogP contribution in [-0.4, -0.2) is 37.2 Å². The van der Waals surface area contributed by atoms with Gasteiger partial charge in [-0.2, -0.15) is 4.31 Å². The van der Waals surface area contributed by atoms with Gasteiger partial charge in [0, 0.05) is 19.8 Å². The summed E-state index contributed by atoms with van der Waals surface area (Å²) in [6, 6.07) is 15.5. The van der Waals surface area contributed by atoms with E-state index in [0.29, 0.717) is 11.3 Å². The second-order valence-electron chi connectivity index (χ2n) is 6.41. The van der Waals surface area contributed by atoms with Crippen molar-refractivity contribution in [1.29, 1.82) is 0 Å². The monoisotopic (exact) mass is 429 g/mol. The number of aromatic nitrogens is 1. The van der Waals surface area contributed by atoms with Crippen LogP contribution in [0, 0.1) is 5.82 Å². The normalized spacial score (nSPS) is 11.3. The highest BCUT2D eigenvalue weighted by molar-refractivity contribution is 7.89. The molecule has 0 spiro atoms. The Balaban J connectivity index is 1.56. The Morgan fingerprint density at radius 1 is 1.13 bits per heavy atom. The van der Waals surface area contributed by atoms with E-state index in [2.05, 4.69) is 10.3 Å². The number of pyridine rings is 1. The number of halogens is 1. The lowest BCUT2D eigenvalue weighted by molar-refractivity contribution is -0.121. The fraction of sp³-hybridized carbons (Fsp3) is 0.143. The van der Waals surface area contributed by atoms with Crippen molar-refractivity contribution in [2.24, 2.45) is 0 Å². The molecule has 0 unspecified atom stereocenters. The molecule has 0 aliphatic heterocycles. The molecule has 3 aromatic rings. The van der Waals surface area contributed by atoms with Crippen molar-refractivity contribution in [2.75, 3.05) is 13.6 Å². The molecule has 0 aliphatic carbocycles. The molecule has 3 rings (SSSR count). The molecule has 1 heterocycles. The van der Waals surface area contributed by atoms with Crippen LogP contribution < -0.4 is 10.1 Å². The molecule has 156 valence electrons. The van der Waals surface area contributed by atoms with Gasteiger partial charge in [-0.1, -0.05) is 24.3 Å². The number of hydrogen-bond donors (Lipinski definition) is 1. The molecule has 0 radical (unpaired) electrons. The maximum atomic E-state index is 14.3. The summed E-state index contributed by atoms with van der Waals surface area (Å²) in [5, 5.41) is 2.59. The van der Waals surface area contributed by atoms with Gasteiger partial charge in [0.15, 0.2) is 11.6 Å². The fourth-order valence-electron chi connectivity index (χ4n) is 2.59. The molecule has 1 N–H and O–H groups in total. The number of nitrogens with zero attached hydrogens (tertiary/aromatic N) is 2. The average molecular weight is 429 g/mol. The van der Waals surface area contributed by atoms with Crippen LogP contribution in [-0.2, 0) is 21.4 Å². The van der Waals surface area contributed by atoms with Crippen LogP contribution >= 0.6 is 0 Å². The summed E-state index contributed by atoms with van der Waals surface area (Å²) >= 11 is 0. The molecule has 1 aromatic heterocycles. The number of carbonyl (C=O) groups excluding carboxylic acids is 1. The van der Waals surface area contributed by atoms with E-state index in [1.165, 1.54) is 37.5 Å². The van der Waals surface area contributed by atoms with Gasteiger partial charge in [-0.25, -0.2) is 12.8 Å². The first-order chi connectivity index (χ1) is 14.4. The maximum absolute atomic E-state index is 14.3. The summed E-state index contributed by atoms with van der Waals surface area (Å²) in [6.45, 7) is -0.315. The maximum Gasteiger partial charge on any atom is 0.243 e. The van der Waals surface area contributed by atoms with E-state index in [1.54, 1.807) is 42.6 Å². The number of hydrogen-bond acceptors (Lipinski definition) is 5. The Morgan fingerprint density at radius 3 is 2.57 bits per heavy atom. The van der Waals surface area contributed by atoms with Crippen LogP contribution in [0.2, 0.25) is 0 Å². The van der Waals surface area contributed by atoms with Gasteiger partial charge < -0.3 is 10.1 Å². The molecule has 2 aromatic carbocycles. The minimum absolute atomic E-state index is 0.0340. The first-order valence-corrected chi connectivity index (χ1v) is 10.4. The first kappa shape index (κ1) is 21.4. The zero-order chi connectivity index (χ0) is 21.6. The van der Waals surface area contributed by atoms with E-state index in [0.717, 1.165) is 4.31 Å². The van der Waals surface area contributed by atoms with Gasteiger partial charge in [0.05, 0.1) is 17.6 Å². The van der Waals surface area contributed by atoms with Gasteiger partial charge in [0.2, 0.25) is 15.9 Å². The second kappa shape index (κ2) is 9.47. The van der Waals surface area contributed by atoms with Gasteiger partial charge in [-0.3, -0.25) is 9.78 Å². The molecular weight excluding hydrogens is 409 g/mol. The highest BCUT2D eigenvalue weighted by Crippen LogP contribution is 2.24. The predicted octanol–water partition coefficient (Wildman–Crippen LogP) is 2.95. The van der Waals surface area contributed by atoms with E-state index >= 15 is 0 Å². The van der Waals surface area contributed by atoms with E-state index in [9.17, 15) is 17.6 Å². The van der Waals surface area contributed by atoms with Crippen molar-refractivity contribution in [3.05, 3.63) is 84.4 Å². The van der Waals surface area contributed by atoms with Crippen LogP contribution in [0.3, 0.4) is 0 Å². The van der Waals surface area contributed by atoms with Gasteiger partial charge in [-0.05, 0) is 42.0 Å². The number of rotatable bonds is 8. The Hall–Kier alpha value is -3.30. The summed E-state index contributed by atoms with van der Waals surface area (Å²) in [7, 11) is -2.44. The van der Waals surface area contributed by atoms with Gasteiger partial charge in [0.1, 0.15) is 5.75 Å². The molecular formula is C21H20FN3O4S. The van der Waals surface area contributed by atoms with Crippen LogP contribution in [0.4, 0.5) is 4.39 Å². The van der Waals surface area contributed by atoms with Crippen LogP contribution in [0.25, 0.3) is 0 Å². The Kier molecular flexibility index (Phi) is 6.76. The molecule has 30 heavy (non-hydrogen) atoms. The lowest BCUT2D eigenvalue weighted by Gasteiger charge is -2.17. The molecule has 0 atom stereocenters. The Labute approximate surface area is 174 Å². The molecule has 0 bridgehead atoms. The van der Waals surface area contributed by atoms with Crippen molar-refractivity contribution in [1.82, 2.24) is 14.6 Å². The van der Waals surface area contributed by atoms with Crippen molar-refractivity contribution in [3.63, 3.8) is 0 Å². The zero-order valence-corrected chi connectivity index (χ0v) is 17.0. The molecule has 9 heteroatoms. The third kappa shape index (κ3) is 5.40. The largest absolute Gasteiger partial charge is 0.453 e. The number of nitrogens with one attached hydrogen (secondary N) is 1. The summed E-state index contributed by atoms with van der Waals surface area (Å²) in [5.74, 6) is -0.658. The zero-order valence-electron chi connectivity index (χ0n) is 16.2. The lowest BCUT2D eigenvalue weighted by Crippen LogP contribution is -2.38. The van der Waals surface area contributed by atoms with Gasteiger partial charge in [-0.15, -0.1) is 0 Å². The summed E-state index contributed by atoms with van der Waals surface area (Å²) in [5.41, 5.74) is 0.507. The third-order valence-corrected chi connectivity index (χ3v) is 5.98. The SMILES string of the molecule is CN(CC(=O)NCc1ccc(Oc2cccnc2)c(F)c1)S(=O)(=O)c1ccccc1. The third-order valence-electron chi connectivity index (χ3n) is 4.17. The first-order valence-electron chi connectivity index (χ1n) is 9.00. The highest BCUT2D eigenvalue weighted by Gasteiger charge is 2.22. The molecule has 1 amide bonds. The number of likely N-dealkylation sites (N-methyl/N-ethyl adjacent to an activating group) is 1. The quantitative estimate of drug-likeness (QED) is 0.595. The van der Waals surface area contributed by atoms with E-state index in [-0.39, 0.29) is 23.7 Å². The Bertz CT molecular complexity index is 1110. The molecule has 7 nitrogen and oxygen atoms in total. The predicted molar refractivity (Wildman–Crippen MR) is 109 cm³/mol. The molecule has 0 aliphatic rings. The number of ether oxygens (including phenoxy) is 1. The van der Waals surface area contributed by atoms with Gasteiger partial charge >= 0.3 is 0 Å². The fourth-order valence-corrected chi connectivity index (χ4v) is 3.74. The van der Waals surface area contributed by atoms with E-state index in [1.807, 2.05) is 0 Å². The minimum Gasteiger partial charge on any atom is -0.453 e. The number of amides is 1. The average Bonchev–Trinajstić information content (AvgIpc) is 2.75. The van der Waals surface area contributed by atoms with Crippen molar-refractivity contribution < 1.29 is 22.3 Å².